The van der Waals surface area contributed by atoms with Gasteiger partial charge in [0.1, 0.15) is 11.6 Å². The van der Waals surface area contributed by atoms with Gasteiger partial charge in [-0.05, 0) is 19.8 Å². The minimum atomic E-state index is -0.512. The van der Waals surface area contributed by atoms with Crippen molar-refractivity contribution in [2.24, 2.45) is 0 Å². The summed E-state index contributed by atoms with van der Waals surface area (Å²) in [5, 5.41) is 21.0. The van der Waals surface area contributed by atoms with Gasteiger partial charge in [0.25, 0.3) is 5.91 Å². The van der Waals surface area contributed by atoms with Crippen molar-refractivity contribution < 1.29 is 9.90 Å². The molecule has 19 heavy (non-hydrogen) atoms. The van der Waals surface area contributed by atoms with Crippen molar-refractivity contribution in [1.29, 1.82) is 5.26 Å². The van der Waals surface area contributed by atoms with Crippen LogP contribution in [0.5, 0.6) is 0 Å². The lowest BCUT2D eigenvalue weighted by molar-refractivity contribution is -0.128. The van der Waals surface area contributed by atoms with E-state index < -0.39 is 6.10 Å². The number of likely N-dealkylation sites (N-methyl/N-ethyl adjacent to an activating group) is 1. The van der Waals surface area contributed by atoms with Gasteiger partial charge in [0.05, 0.1) is 6.10 Å². The summed E-state index contributed by atoms with van der Waals surface area (Å²) in [6.45, 7) is 1.97. The largest absolute Gasteiger partial charge is 0.392 e. The molecule has 5 heteroatoms. The summed E-state index contributed by atoms with van der Waals surface area (Å²) in [5.41, 5.74) is 0.0914. The number of nitrogens with one attached hydrogen (secondary N) is 1. The summed E-state index contributed by atoms with van der Waals surface area (Å²) in [7, 11) is 1.76. The van der Waals surface area contributed by atoms with Gasteiger partial charge in [-0.15, -0.1) is 0 Å². The van der Waals surface area contributed by atoms with Crippen molar-refractivity contribution in [2.45, 2.75) is 51.2 Å². The van der Waals surface area contributed by atoms with E-state index in [0.29, 0.717) is 6.54 Å². The van der Waals surface area contributed by atoms with Gasteiger partial charge in [0.15, 0.2) is 0 Å². The first-order chi connectivity index (χ1) is 9.06. The molecule has 0 aromatic heterocycles. The first kappa shape index (κ1) is 15.5. The highest BCUT2D eigenvalue weighted by atomic mass is 16.3. The Morgan fingerprint density at radius 1 is 1.53 bits per heavy atom. The van der Waals surface area contributed by atoms with Crippen LogP contribution in [0.25, 0.3) is 0 Å². The quantitative estimate of drug-likeness (QED) is 0.577. The summed E-state index contributed by atoms with van der Waals surface area (Å²) in [4.78, 5) is 13.9. The Hall–Kier alpha value is -1.54. The molecule has 0 heterocycles. The predicted octanol–water partition coefficient (Wildman–Crippen LogP) is 1.16. The van der Waals surface area contributed by atoms with Gasteiger partial charge < -0.3 is 15.3 Å². The van der Waals surface area contributed by atoms with E-state index in [0.717, 1.165) is 25.7 Å². The van der Waals surface area contributed by atoms with Crippen LogP contribution < -0.4 is 5.32 Å². The fraction of sp³-hybridized carbons (Fsp3) is 0.714. The molecule has 5 nitrogen and oxygen atoms in total. The highest BCUT2D eigenvalue weighted by Gasteiger charge is 2.24. The number of amides is 1. The maximum Gasteiger partial charge on any atom is 0.265 e. The van der Waals surface area contributed by atoms with Crippen LogP contribution in [0.1, 0.15) is 39.0 Å². The van der Waals surface area contributed by atoms with Gasteiger partial charge in [0, 0.05) is 25.8 Å². The molecule has 1 fully saturated rings. The number of nitrogens with zero attached hydrogens (tertiary/aromatic N) is 2. The fourth-order valence-electron chi connectivity index (χ4n) is 2.30. The molecule has 0 aromatic rings. The Balaban J connectivity index is 2.59. The van der Waals surface area contributed by atoms with Gasteiger partial charge in [-0.25, -0.2) is 0 Å². The second kappa shape index (κ2) is 7.80. The highest BCUT2D eigenvalue weighted by molar-refractivity contribution is 5.97. The van der Waals surface area contributed by atoms with Gasteiger partial charge in [-0.3, -0.25) is 4.79 Å². The second-order valence-electron chi connectivity index (χ2n) is 5.13. The van der Waals surface area contributed by atoms with E-state index in [9.17, 15) is 4.79 Å². The summed E-state index contributed by atoms with van der Waals surface area (Å²) >= 11 is 0. The molecule has 1 unspecified atom stereocenters. The molecule has 0 aromatic carbocycles. The molecule has 0 aliphatic heterocycles. The zero-order valence-corrected chi connectivity index (χ0v) is 11.7. The molecule has 1 amide bonds. The molecule has 1 aliphatic rings. The number of rotatable bonds is 5. The lowest BCUT2D eigenvalue weighted by Gasteiger charge is -2.31. The molecule has 1 aliphatic carbocycles. The highest BCUT2D eigenvalue weighted by Crippen LogP contribution is 2.22. The van der Waals surface area contributed by atoms with Crippen LogP contribution in [0.3, 0.4) is 0 Å². The van der Waals surface area contributed by atoms with Gasteiger partial charge in [0.2, 0.25) is 0 Å². The first-order valence-electron chi connectivity index (χ1n) is 6.85. The predicted molar refractivity (Wildman–Crippen MR) is 73.0 cm³/mol. The van der Waals surface area contributed by atoms with Crippen LogP contribution in [-0.2, 0) is 4.79 Å². The van der Waals surface area contributed by atoms with Gasteiger partial charge in [-0.2, -0.15) is 5.26 Å². The van der Waals surface area contributed by atoms with E-state index in [1.807, 2.05) is 6.07 Å². The van der Waals surface area contributed by atoms with Crippen molar-refractivity contribution in [3.05, 3.63) is 11.8 Å². The van der Waals surface area contributed by atoms with Gasteiger partial charge in [-0.1, -0.05) is 19.3 Å². The maximum absolute atomic E-state index is 12.2. The Bertz CT molecular complexity index is 365. The molecule has 0 saturated heterocycles. The average molecular weight is 265 g/mol. The number of nitriles is 1. The average Bonchev–Trinajstić information content (AvgIpc) is 2.43. The summed E-state index contributed by atoms with van der Waals surface area (Å²) in [5.74, 6) is -0.243. The fourth-order valence-corrected chi connectivity index (χ4v) is 2.30. The maximum atomic E-state index is 12.2. The van der Waals surface area contributed by atoms with Crippen LogP contribution in [0.15, 0.2) is 11.8 Å². The van der Waals surface area contributed by atoms with Crippen LogP contribution in [0.2, 0.25) is 0 Å². The van der Waals surface area contributed by atoms with Crippen LogP contribution in [0, 0.1) is 11.3 Å². The van der Waals surface area contributed by atoms with Crippen LogP contribution >= 0.6 is 0 Å². The van der Waals surface area contributed by atoms with E-state index in [1.54, 1.807) is 18.9 Å². The Kier molecular flexibility index (Phi) is 6.37. The molecule has 1 rings (SSSR count). The molecular weight excluding hydrogens is 242 g/mol. The number of hydrogen-bond donors (Lipinski definition) is 2. The third-order valence-corrected chi connectivity index (χ3v) is 3.45. The third-order valence-electron chi connectivity index (χ3n) is 3.45. The zero-order chi connectivity index (χ0) is 14.3. The molecule has 2 N–H and O–H groups in total. The SMILES string of the molecule is CC(O)CN/C=C(/C#N)C(=O)N(C)C1CCCCC1. The zero-order valence-electron chi connectivity index (χ0n) is 11.7. The Morgan fingerprint density at radius 3 is 2.68 bits per heavy atom. The van der Waals surface area contributed by atoms with Crippen LogP contribution in [-0.4, -0.2) is 41.7 Å². The Labute approximate surface area is 114 Å². The third kappa shape index (κ3) is 4.92. The number of aliphatic hydroxyl groups excluding tert-OH is 1. The molecule has 0 radical (unpaired) electrons. The van der Waals surface area contributed by atoms with E-state index in [4.69, 9.17) is 10.4 Å². The lowest BCUT2D eigenvalue weighted by atomic mass is 9.94. The van der Waals surface area contributed by atoms with E-state index in [2.05, 4.69) is 5.32 Å². The summed E-state index contributed by atoms with van der Waals surface area (Å²) < 4.78 is 0. The normalized spacial score (nSPS) is 18.5. The summed E-state index contributed by atoms with van der Waals surface area (Å²) in [6, 6.07) is 2.17. The topological polar surface area (TPSA) is 76.4 Å². The lowest BCUT2D eigenvalue weighted by Crippen LogP contribution is -2.39. The minimum Gasteiger partial charge on any atom is -0.392 e. The van der Waals surface area contributed by atoms with E-state index in [1.165, 1.54) is 12.6 Å². The van der Waals surface area contributed by atoms with Crippen molar-refractivity contribution >= 4 is 5.91 Å². The standard InChI is InChI=1S/C14H23N3O2/c1-11(18)9-16-10-12(8-15)14(19)17(2)13-6-4-3-5-7-13/h10-11,13,16,18H,3-7,9H2,1-2H3/b12-10-. The number of hydrogen-bond acceptors (Lipinski definition) is 4. The minimum absolute atomic E-state index is 0.0914. The second-order valence-corrected chi connectivity index (χ2v) is 5.13. The number of carbonyl (C=O) groups excluding carboxylic acids is 1. The molecule has 106 valence electrons. The van der Waals surface area contributed by atoms with Crippen molar-refractivity contribution in [1.82, 2.24) is 10.2 Å². The molecule has 0 spiro atoms. The first-order valence-corrected chi connectivity index (χ1v) is 6.85. The van der Waals surface area contributed by atoms with E-state index in [-0.39, 0.29) is 17.5 Å². The van der Waals surface area contributed by atoms with Gasteiger partial charge >= 0.3 is 0 Å². The number of carbonyl (C=O) groups is 1. The molecule has 1 saturated carbocycles. The summed E-state index contributed by atoms with van der Waals surface area (Å²) in [6.07, 6.45) is 6.44. The Morgan fingerprint density at radius 2 is 2.16 bits per heavy atom. The molecular formula is C14H23N3O2. The monoisotopic (exact) mass is 265 g/mol. The molecule has 0 bridgehead atoms. The van der Waals surface area contributed by atoms with Crippen LogP contribution in [0.4, 0.5) is 0 Å². The smallest absolute Gasteiger partial charge is 0.265 e. The number of aliphatic hydroxyl groups is 1. The van der Waals surface area contributed by atoms with Crippen molar-refractivity contribution in [2.75, 3.05) is 13.6 Å². The van der Waals surface area contributed by atoms with Crippen molar-refractivity contribution in [3.63, 3.8) is 0 Å². The molecule has 1 atom stereocenters. The van der Waals surface area contributed by atoms with E-state index >= 15 is 0 Å². The van der Waals surface area contributed by atoms with Crippen molar-refractivity contribution in [3.8, 4) is 6.07 Å².